The fourth-order valence-electron chi connectivity index (χ4n) is 1.83. The Morgan fingerprint density at radius 2 is 1.86 bits per heavy atom. The van der Waals surface area contributed by atoms with Gasteiger partial charge in [-0.05, 0) is 29.8 Å². The quantitative estimate of drug-likeness (QED) is 0.867. The van der Waals surface area contributed by atoms with E-state index in [0.29, 0.717) is 17.9 Å². The van der Waals surface area contributed by atoms with E-state index >= 15 is 0 Å². The van der Waals surface area contributed by atoms with E-state index in [1.54, 1.807) is 31.3 Å². The van der Waals surface area contributed by atoms with Crippen molar-refractivity contribution in [1.82, 2.24) is 4.98 Å². The Morgan fingerprint density at radius 1 is 1.18 bits per heavy atom. The van der Waals surface area contributed by atoms with Crippen molar-refractivity contribution in [3.8, 4) is 11.8 Å². The maximum atomic E-state index is 12.1. The van der Waals surface area contributed by atoms with Crippen LogP contribution in [0.4, 0.5) is 19.0 Å². The van der Waals surface area contributed by atoms with Crippen molar-refractivity contribution in [2.45, 2.75) is 12.9 Å². The van der Waals surface area contributed by atoms with Gasteiger partial charge >= 0.3 is 6.36 Å². The first-order valence-electron chi connectivity index (χ1n) is 6.29. The van der Waals surface area contributed by atoms with Crippen LogP contribution in [0.2, 0.25) is 0 Å². The van der Waals surface area contributed by atoms with Crippen LogP contribution in [-0.4, -0.2) is 18.4 Å². The number of pyridine rings is 1. The zero-order valence-electron chi connectivity index (χ0n) is 11.6. The number of hydrogen-bond donors (Lipinski definition) is 0. The summed E-state index contributed by atoms with van der Waals surface area (Å²) in [6.45, 7) is 0.463. The lowest BCUT2D eigenvalue weighted by Crippen LogP contribution is -2.18. The zero-order valence-corrected chi connectivity index (χ0v) is 11.6. The third-order valence-electron chi connectivity index (χ3n) is 2.84. The van der Waals surface area contributed by atoms with Crippen LogP contribution in [0.3, 0.4) is 0 Å². The molecule has 1 aromatic heterocycles. The average Bonchev–Trinajstić information content (AvgIpc) is 2.48. The monoisotopic (exact) mass is 307 g/mol. The summed E-state index contributed by atoms with van der Waals surface area (Å²) < 4.78 is 40.0. The number of hydrogen-bond acceptors (Lipinski definition) is 4. The van der Waals surface area contributed by atoms with Gasteiger partial charge in [-0.2, -0.15) is 5.26 Å². The highest BCUT2D eigenvalue weighted by Crippen LogP contribution is 2.23. The molecular formula is C15H12F3N3O. The molecule has 2 rings (SSSR count). The Bertz CT molecular complexity index is 660. The lowest BCUT2D eigenvalue weighted by Gasteiger charge is -2.18. The number of rotatable bonds is 4. The molecule has 0 unspecified atom stereocenters. The molecule has 0 fully saturated rings. The van der Waals surface area contributed by atoms with E-state index in [0.717, 1.165) is 5.56 Å². The summed E-state index contributed by atoms with van der Waals surface area (Å²) in [6.07, 6.45) is -3.23. The van der Waals surface area contributed by atoms with Crippen molar-refractivity contribution in [2.75, 3.05) is 11.9 Å². The minimum absolute atomic E-state index is 0.254. The Hall–Kier alpha value is -2.75. The number of nitriles is 1. The Labute approximate surface area is 125 Å². The van der Waals surface area contributed by atoms with Gasteiger partial charge in [-0.25, -0.2) is 4.98 Å². The van der Waals surface area contributed by atoms with E-state index in [1.807, 2.05) is 11.0 Å². The number of aromatic nitrogens is 1. The first kappa shape index (κ1) is 15.6. The fraction of sp³-hybridized carbons (Fsp3) is 0.200. The topological polar surface area (TPSA) is 49.1 Å². The number of anilines is 1. The predicted octanol–water partition coefficient (Wildman–Crippen LogP) is 3.49. The van der Waals surface area contributed by atoms with Crippen LogP contribution in [0.25, 0.3) is 0 Å². The van der Waals surface area contributed by atoms with Crippen LogP contribution < -0.4 is 9.64 Å². The number of benzene rings is 1. The number of nitrogens with zero attached hydrogens (tertiary/aromatic N) is 3. The van der Waals surface area contributed by atoms with Gasteiger partial charge in [0.2, 0.25) is 0 Å². The van der Waals surface area contributed by atoms with Crippen molar-refractivity contribution >= 4 is 5.82 Å². The van der Waals surface area contributed by atoms with Gasteiger partial charge in [0.15, 0.2) is 0 Å². The molecule has 1 aromatic carbocycles. The maximum absolute atomic E-state index is 12.1. The summed E-state index contributed by atoms with van der Waals surface area (Å²) in [5.74, 6) is 0.407. The summed E-state index contributed by atoms with van der Waals surface area (Å²) in [7, 11) is 1.80. The minimum Gasteiger partial charge on any atom is -0.406 e. The largest absolute Gasteiger partial charge is 0.573 e. The van der Waals surface area contributed by atoms with Crippen LogP contribution in [0.5, 0.6) is 5.75 Å². The summed E-state index contributed by atoms with van der Waals surface area (Å²) >= 11 is 0. The molecule has 0 radical (unpaired) electrons. The van der Waals surface area contributed by atoms with Gasteiger partial charge in [0.1, 0.15) is 17.6 Å². The van der Waals surface area contributed by atoms with Crippen molar-refractivity contribution in [3.05, 3.63) is 53.7 Å². The molecule has 4 nitrogen and oxygen atoms in total. The second-order valence-corrected chi connectivity index (χ2v) is 4.56. The molecule has 0 aliphatic rings. The van der Waals surface area contributed by atoms with Crippen LogP contribution in [0, 0.1) is 11.3 Å². The van der Waals surface area contributed by atoms with Gasteiger partial charge in [0.05, 0.1) is 5.56 Å². The maximum Gasteiger partial charge on any atom is 0.573 e. The standard InChI is InChI=1S/C15H12F3N3O/c1-21(14-7-4-12(8-19)9-20-14)10-11-2-5-13(6-3-11)22-15(16,17)18/h2-7,9H,10H2,1H3. The lowest BCUT2D eigenvalue weighted by atomic mass is 10.2. The molecule has 0 aliphatic carbocycles. The van der Waals surface area contributed by atoms with Crippen LogP contribution in [-0.2, 0) is 6.54 Å². The summed E-state index contributed by atoms with van der Waals surface area (Å²) in [4.78, 5) is 5.96. The van der Waals surface area contributed by atoms with E-state index in [2.05, 4.69) is 9.72 Å². The molecule has 1 heterocycles. The molecule has 0 bridgehead atoms. The summed E-state index contributed by atoms with van der Waals surface area (Å²) in [5, 5.41) is 8.71. The number of halogens is 3. The summed E-state index contributed by atoms with van der Waals surface area (Å²) in [5.41, 5.74) is 1.27. The molecule has 0 aliphatic heterocycles. The van der Waals surface area contributed by atoms with Crippen molar-refractivity contribution in [2.24, 2.45) is 0 Å². The van der Waals surface area contributed by atoms with Crippen molar-refractivity contribution in [3.63, 3.8) is 0 Å². The third-order valence-corrected chi connectivity index (χ3v) is 2.84. The Kier molecular flexibility index (Phi) is 4.51. The highest BCUT2D eigenvalue weighted by atomic mass is 19.4. The molecule has 0 atom stereocenters. The van der Waals surface area contributed by atoms with Gasteiger partial charge in [0.25, 0.3) is 0 Å². The van der Waals surface area contributed by atoms with E-state index in [1.165, 1.54) is 18.3 Å². The van der Waals surface area contributed by atoms with Gasteiger partial charge in [-0.1, -0.05) is 12.1 Å². The Morgan fingerprint density at radius 3 is 2.36 bits per heavy atom. The predicted molar refractivity (Wildman–Crippen MR) is 74.2 cm³/mol. The molecule has 0 N–H and O–H groups in total. The molecule has 22 heavy (non-hydrogen) atoms. The first-order valence-corrected chi connectivity index (χ1v) is 6.29. The smallest absolute Gasteiger partial charge is 0.406 e. The normalized spacial score (nSPS) is 10.9. The van der Waals surface area contributed by atoms with E-state index in [4.69, 9.17) is 5.26 Å². The highest BCUT2D eigenvalue weighted by Gasteiger charge is 2.30. The molecule has 0 saturated heterocycles. The second-order valence-electron chi connectivity index (χ2n) is 4.56. The zero-order chi connectivity index (χ0) is 16.2. The molecular weight excluding hydrogens is 295 g/mol. The molecule has 0 spiro atoms. The fourth-order valence-corrected chi connectivity index (χ4v) is 1.83. The van der Waals surface area contributed by atoms with E-state index in [-0.39, 0.29) is 5.75 Å². The Balaban J connectivity index is 2.02. The van der Waals surface area contributed by atoms with Gasteiger partial charge in [0, 0.05) is 19.8 Å². The number of ether oxygens (including phenoxy) is 1. The van der Waals surface area contributed by atoms with Crippen LogP contribution in [0.15, 0.2) is 42.6 Å². The van der Waals surface area contributed by atoms with Crippen LogP contribution in [0.1, 0.15) is 11.1 Å². The number of alkyl halides is 3. The van der Waals surface area contributed by atoms with Crippen molar-refractivity contribution < 1.29 is 17.9 Å². The highest BCUT2D eigenvalue weighted by molar-refractivity contribution is 5.42. The second kappa shape index (κ2) is 6.35. The molecule has 0 amide bonds. The van der Waals surface area contributed by atoms with Crippen molar-refractivity contribution in [1.29, 1.82) is 5.26 Å². The molecule has 114 valence electrons. The SMILES string of the molecule is CN(Cc1ccc(OC(F)(F)F)cc1)c1ccc(C#N)cn1. The van der Waals surface area contributed by atoms with E-state index in [9.17, 15) is 13.2 Å². The summed E-state index contributed by atoms with van der Waals surface area (Å²) in [6, 6.07) is 11.0. The van der Waals surface area contributed by atoms with Crippen LogP contribution >= 0.6 is 0 Å². The first-order chi connectivity index (χ1) is 10.4. The molecule has 0 saturated carbocycles. The van der Waals surface area contributed by atoms with E-state index < -0.39 is 6.36 Å². The van der Waals surface area contributed by atoms with Gasteiger partial charge in [-0.15, -0.1) is 13.2 Å². The molecule has 2 aromatic rings. The average molecular weight is 307 g/mol. The van der Waals surface area contributed by atoms with Gasteiger partial charge < -0.3 is 9.64 Å². The molecule has 7 heteroatoms. The minimum atomic E-state index is -4.69. The lowest BCUT2D eigenvalue weighted by molar-refractivity contribution is -0.274. The van der Waals surface area contributed by atoms with Gasteiger partial charge in [-0.3, -0.25) is 0 Å². The third kappa shape index (κ3) is 4.38.